The second-order valence-electron chi connectivity index (χ2n) is 4.09. The third-order valence-corrected chi connectivity index (χ3v) is 5.90. The van der Waals surface area contributed by atoms with Crippen LogP contribution in [0.4, 0.5) is 5.69 Å². The van der Waals surface area contributed by atoms with Gasteiger partial charge in [0.15, 0.2) is 0 Å². The Morgan fingerprint density at radius 3 is 2.43 bits per heavy atom. The van der Waals surface area contributed by atoms with Crippen LogP contribution in [-0.2, 0) is 10.0 Å². The smallest absolute Gasteiger partial charge is 0.240 e. The van der Waals surface area contributed by atoms with E-state index < -0.39 is 10.0 Å². The first-order valence-corrected chi connectivity index (χ1v) is 8.85. The molecule has 0 aliphatic carbocycles. The second-order valence-corrected chi connectivity index (χ2v) is 7.90. The number of halogens is 2. The van der Waals surface area contributed by atoms with Gasteiger partial charge in [-0.15, -0.1) is 0 Å². The van der Waals surface area contributed by atoms with Crippen LogP contribution in [0.25, 0.3) is 0 Å². The third kappa shape index (κ3) is 3.84. The van der Waals surface area contributed by atoms with Gasteiger partial charge in [0.1, 0.15) is 0 Å². The molecule has 2 rings (SSSR count). The highest BCUT2D eigenvalue weighted by Gasteiger charge is 2.14. The molecule has 0 heterocycles. The Labute approximate surface area is 137 Å². The summed E-state index contributed by atoms with van der Waals surface area (Å²) in [5.41, 5.74) is 6.38. The van der Waals surface area contributed by atoms with Crippen LogP contribution in [0.1, 0.15) is 0 Å². The maximum Gasteiger partial charge on any atom is 0.240 e. The summed E-state index contributed by atoms with van der Waals surface area (Å²) in [6, 6.07) is 9.71. The van der Waals surface area contributed by atoms with Crippen molar-refractivity contribution in [2.45, 2.75) is 14.7 Å². The van der Waals surface area contributed by atoms with E-state index in [1.807, 2.05) is 0 Å². The van der Waals surface area contributed by atoms with Crippen LogP contribution in [0.15, 0.2) is 51.1 Å². The van der Waals surface area contributed by atoms with Crippen molar-refractivity contribution in [1.29, 1.82) is 0 Å². The van der Waals surface area contributed by atoms with E-state index in [4.69, 9.17) is 28.9 Å². The lowest BCUT2D eigenvalue weighted by Crippen LogP contribution is -2.18. The fourth-order valence-electron chi connectivity index (χ4n) is 1.56. The molecule has 0 unspecified atom stereocenters. The first kappa shape index (κ1) is 16.5. The molecule has 0 fully saturated rings. The number of benzene rings is 2. The van der Waals surface area contributed by atoms with Gasteiger partial charge in [-0.1, -0.05) is 35.0 Å². The van der Waals surface area contributed by atoms with Crippen molar-refractivity contribution in [1.82, 2.24) is 4.72 Å². The summed E-state index contributed by atoms with van der Waals surface area (Å²) in [4.78, 5) is 1.60. The number of nitrogen functional groups attached to an aromatic ring is 1. The average molecular weight is 363 g/mol. The summed E-state index contributed by atoms with van der Waals surface area (Å²) in [5, 5.41) is 0.889. The van der Waals surface area contributed by atoms with E-state index in [-0.39, 0.29) is 4.90 Å². The predicted octanol–water partition coefficient (Wildman–Crippen LogP) is 3.63. The molecular weight excluding hydrogens is 351 g/mol. The van der Waals surface area contributed by atoms with Crippen molar-refractivity contribution >= 4 is 50.7 Å². The first-order chi connectivity index (χ1) is 9.83. The minimum atomic E-state index is -3.51. The van der Waals surface area contributed by atoms with E-state index >= 15 is 0 Å². The van der Waals surface area contributed by atoms with E-state index in [1.54, 1.807) is 24.3 Å². The number of anilines is 1. The lowest BCUT2D eigenvalue weighted by Gasteiger charge is -2.09. The molecule has 112 valence electrons. The van der Waals surface area contributed by atoms with Crippen LogP contribution in [0.2, 0.25) is 10.0 Å². The zero-order chi connectivity index (χ0) is 15.6. The normalized spacial score (nSPS) is 11.6. The van der Waals surface area contributed by atoms with E-state index in [9.17, 15) is 8.42 Å². The highest BCUT2D eigenvalue weighted by atomic mass is 35.5. The molecule has 2 aromatic carbocycles. The number of sulfonamides is 1. The molecule has 0 saturated carbocycles. The Balaban J connectivity index is 2.39. The first-order valence-electron chi connectivity index (χ1n) is 5.79. The van der Waals surface area contributed by atoms with Gasteiger partial charge >= 0.3 is 0 Å². The lowest BCUT2D eigenvalue weighted by molar-refractivity contribution is 0.588. The zero-order valence-corrected chi connectivity index (χ0v) is 14.1. The Morgan fingerprint density at radius 1 is 1.10 bits per heavy atom. The molecule has 0 saturated heterocycles. The van der Waals surface area contributed by atoms with Gasteiger partial charge in [0.2, 0.25) is 10.0 Å². The molecule has 8 heteroatoms. The topological polar surface area (TPSA) is 72.2 Å². The van der Waals surface area contributed by atoms with Gasteiger partial charge in [0, 0.05) is 15.5 Å². The van der Waals surface area contributed by atoms with E-state index in [0.717, 1.165) is 4.90 Å². The van der Waals surface area contributed by atoms with E-state index in [2.05, 4.69) is 4.72 Å². The van der Waals surface area contributed by atoms with Gasteiger partial charge in [0.05, 0.1) is 14.9 Å². The monoisotopic (exact) mass is 362 g/mol. The third-order valence-electron chi connectivity index (χ3n) is 2.68. The van der Waals surface area contributed by atoms with Gasteiger partial charge in [-0.05, 0) is 43.4 Å². The highest BCUT2D eigenvalue weighted by molar-refractivity contribution is 7.99. The number of rotatable bonds is 4. The van der Waals surface area contributed by atoms with Crippen molar-refractivity contribution in [3.63, 3.8) is 0 Å². The number of nitrogens with one attached hydrogen (secondary N) is 1. The SMILES string of the molecule is CNS(=O)(=O)c1ccc(N)c(Sc2ccc(Cl)c(Cl)c2)c1. The standard InChI is InChI=1S/C13H12Cl2N2O2S2/c1-17-21(18,19)9-3-5-12(16)13(7-9)20-8-2-4-10(14)11(15)6-8/h2-7,17H,16H2,1H3. The molecule has 3 N–H and O–H groups in total. The lowest BCUT2D eigenvalue weighted by atomic mass is 10.3. The van der Waals surface area contributed by atoms with E-state index in [1.165, 1.54) is 30.9 Å². The Morgan fingerprint density at radius 2 is 1.81 bits per heavy atom. The van der Waals surface area contributed by atoms with Crippen LogP contribution in [0, 0.1) is 0 Å². The summed E-state index contributed by atoms with van der Waals surface area (Å²) < 4.78 is 25.9. The highest BCUT2D eigenvalue weighted by Crippen LogP contribution is 2.36. The van der Waals surface area contributed by atoms with Crippen molar-refractivity contribution in [3.8, 4) is 0 Å². The van der Waals surface area contributed by atoms with Gasteiger partial charge in [-0.25, -0.2) is 13.1 Å². The molecule has 0 bridgehead atoms. The van der Waals surface area contributed by atoms with Gasteiger partial charge in [0.25, 0.3) is 0 Å². The minimum absolute atomic E-state index is 0.154. The molecule has 0 aliphatic heterocycles. The van der Waals surface area contributed by atoms with Gasteiger partial charge in [-0.3, -0.25) is 0 Å². The Kier molecular flexibility index (Phi) is 5.06. The van der Waals surface area contributed by atoms with Crippen LogP contribution >= 0.6 is 35.0 Å². The molecule has 0 radical (unpaired) electrons. The van der Waals surface area contributed by atoms with Crippen molar-refractivity contribution in [2.75, 3.05) is 12.8 Å². The predicted molar refractivity (Wildman–Crippen MR) is 87.7 cm³/mol. The molecule has 0 aromatic heterocycles. The summed E-state index contributed by atoms with van der Waals surface area (Å²) in [5.74, 6) is 0. The number of hydrogen-bond acceptors (Lipinski definition) is 4. The van der Waals surface area contributed by atoms with Gasteiger partial charge in [-0.2, -0.15) is 0 Å². The molecular formula is C13H12Cl2N2O2S2. The molecule has 4 nitrogen and oxygen atoms in total. The molecule has 0 atom stereocenters. The maximum atomic E-state index is 11.8. The van der Waals surface area contributed by atoms with Crippen LogP contribution in [-0.4, -0.2) is 15.5 Å². The molecule has 0 amide bonds. The minimum Gasteiger partial charge on any atom is -0.398 e. The summed E-state index contributed by atoms with van der Waals surface area (Å²) in [6.45, 7) is 0. The average Bonchev–Trinajstić information content (AvgIpc) is 2.45. The fraction of sp³-hybridized carbons (Fsp3) is 0.0769. The number of hydrogen-bond donors (Lipinski definition) is 2. The van der Waals surface area contributed by atoms with Gasteiger partial charge < -0.3 is 5.73 Å². The quantitative estimate of drug-likeness (QED) is 0.814. The molecule has 21 heavy (non-hydrogen) atoms. The van der Waals surface area contributed by atoms with Crippen LogP contribution in [0.3, 0.4) is 0 Å². The second kappa shape index (κ2) is 6.46. The van der Waals surface area contributed by atoms with E-state index in [0.29, 0.717) is 20.6 Å². The summed E-state index contributed by atoms with van der Waals surface area (Å²) in [7, 11) is -2.15. The zero-order valence-electron chi connectivity index (χ0n) is 10.9. The van der Waals surface area contributed by atoms with Crippen LogP contribution in [0.5, 0.6) is 0 Å². The number of nitrogens with two attached hydrogens (primary N) is 1. The Hall–Kier alpha value is -0.920. The largest absolute Gasteiger partial charge is 0.398 e. The Bertz CT molecular complexity index is 780. The maximum absolute atomic E-state index is 11.8. The molecule has 0 spiro atoms. The summed E-state index contributed by atoms with van der Waals surface area (Å²) in [6.07, 6.45) is 0. The van der Waals surface area contributed by atoms with Crippen molar-refractivity contribution < 1.29 is 8.42 Å². The van der Waals surface area contributed by atoms with Crippen molar-refractivity contribution in [3.05, 3.63) is 46.4 Å². The fourth-order valence-corrected chi connectivity index (χ4v) is 3.69. The summed E-state index contributed by atoms with van der Waals surface area (Å²) >= 11 is 13.1. The molecule has 2 aromatic rings. The molecule has 0 aliphatic rings. The van der Waals surface area contributed by atoms with Crippen LogP contribution < -0.4 is 10.5 Å². The van der Waals surface area contributed by atoms with Crippen molar-refractivity contribution in [2.24, 2.45) is 0 Å².